The topological polar surface area (TPSA) is 64.8 Å². The standard InChI is InChI=1S/C24H25ClN2O4/c1-29-21-6-2-3-7-22(21)30-16-23(28)27-12-4-5-18(15-27)24-26-14-20(31-24)13-17-8-10-19(25)11-9-17/h2-3,6-11,14,18H,4-5,12-13,15-16H2,1H3/t18-/m0/s1. The fraction of sp³-hybridized carbons (Fsp3) is 0.333. The molecule has 0 bridgehead atoms. The Balaban J connectivity index is 1.34. The predicted molar refractivity (Wildman–Crippen MR) is 118 cm³/mol. The smallest absolute Gasteiger partial charge is 0.260 e. The van der Waals surface area contributed by atoms with Gasteiger partial charge in [-0.2, -0.15) is 0 Å². The highest BCUT2D eigenvalue weighted by molar-refractivity contribution is 6.30. The van der Waals surface area contributed by atoms with E-state index in [1.807, 2.05) is 41.3 Å². The molecule has 162 valence electrons. The van der Waals surface area contributed by atoms with Gasteiger partial charge in [0.2, 0.25) is 0 Å². The van der Waals surface area contributed by atoms with Crippen LogP contribution in [0.5, 0.6) is 11.5 Å². The normalized spacial score (nSPS) is 16.2. The van der Waals surface area contributed by atoms with Gasteiger partial charge in [-0.05, 0) is 42.7 Å². The molecule has 1 atom stereocenters. The summed E-state index contributed by atoms with van der Waals surface area (Å²) >= 11 is 5.95. The molecule has 1 saturated heterocycles. The van der Waals surface area contributed by atoms with Gasteiger partial charge in [0.15, 0.2) is 24.0 Å². The van der Waals surface area contributed by atoms with Gasteiger partial charge in [0, 0.05) is 24.5 Å². The summed E-state index contributed by atoms with van der Waals surface area (Å²) in [4.78, 5) is 19.0. The van der Waals surface area contributed by atoms with E-state index in [0.717, 1.165) is 24.2 Å². The number of ether oxygens (including phenoxy) is 2. The van der Waals surface area contributed by atoms with E-state index >= 15 is 0 Å². The van der Waals surface area contributed by atoms with Gasteiger partial charge in [0.1, 0.15) is 5.76 Å². The Labute approximate surface area is 186 Å². The molecule has 0 saturated carbocycles. The van der Waals surface area contributed by atoms with Crippen LogP contribution in [0.15, 0.2) is 59.1 Å². The van der Waals surface area contributed by atoms with E-state index in [9.17, 15) is 4.79 Å². The van der Waals surface area contributed by atoms with E-state index in [2.05, 4.69) is 4.98 Å². The predicted octanol–water partition coefficient (Wildman–Crippen LogP) is 4.71. The van der Waals surface area contributed by atoms with Crippen LogP contribution in [0.25, 0.3) is 0 Å². The first-order valence-corrected chi connectivity index (χ1v) is 10.7. The minimum atomic E-state index is -0.0523. The number of oxazole rings is 1. The van der Waals surface area contributed by atoms with Gasteiger partial charge in [-0.1, -0.05) is 35.9 Å². The number of aromatic nitrogens is 1. The lowest BCUT2D eigenvalue weighted by atomic mass is 9.98. The van der Waals surface area contributed by atoms with Crippen molar-refractivity contribution in [3.05, 3.63) is 77.0 Å². The molecule has 2 aromatic carbocycles. The van der Waals surface area contributed by atoms with E-state index in [4.69, 9.17) is 25.5 Å². The Morgan fingerprint density at radius 3 is 2.74 bits per heavy atom. The molecule has 4 rings (SSSR count). The molecule has 1 aromatic heterocycles. The quantitative estimate of drug-likeness (QED) is 0.532. The van der Waals surface area contributed by atoms with Crippen molar-refractivity contribution in [2.24, 2.45) is 0 Å². The summed E-state index contributed by atoms with van der Waals surface area (Å²) < 4.78 is 17.0. The van der Waals surface area contributed by atoms with Gasteiger partial charge in [-0.15, -0.1) is 0 Å². The summed E-state index contributed by atoms with van der Waals surface area (Å²) in [6, 6.07) is 15.0. The van der Waals surface area contributed by atoms with Crippen LogP contribution in [0.4, 0.5) is 0 Å². The number of benzene rings is 2. The number of carbonyl (C=O) groups excluding carboxylic acids is 1. The molecule has 0 spiro atoms. The first-order valence-electron chi connectivity index (χ1n) is 10.3. The monoisotopic (exact) mass is 440 g/mol. The largest absolute Gasteiger partial charge is 0.493 e. The molecular weight excluding hydrogens is 416 g/mol. The average molecular weight is 441 g/mol. The third-order valence-electron chi connectivity index (χ3n) is 5.41. The Kier molecular flexibility index (Phi) is 6.77. The van der Waals surface area contributed by atoms with Gasteiger partial charge in [-0.25, -0.2) is 4.98 Å². The molecule has 31 heavy (non-hydrogen) atoms. The number of carbonyl (C=O) groups is 1. The highest BCUT2D eigenvalue weighted by atomic mass is 35.5. The lowest BCUT2D eigenvalue weighted by Gasteiger charge is -2.31. The van der Waals surface area contributed by atoms with Crippen molar-refractivity contribution in [3.8, 4) is 11.5 Å². The molecule has 1 aliphatic heterocycles. The SMILES string of the molecule is COc1ccccc1OCC(=O)N1CCC[C@H](c2ncc(Cc3ccc(Cl)cc3)o2)C1. The van der Waals surface area contributed by atoms with Gasteiger partial charge < -0.3 is 18.8 Å². The lowest BCUT2D eigenvalue weighted by Crippen LogP contribution is -2.41. The van der Waals surface area contributed by atoms with Crippen molar-refractivity contribution in [2.75, 3.05) is 26.8 Å². The molecule has 1 fully saturated rings. The van der Waals surface area contributed by atoms with Crippen LogP contribution in [0.2, 0.25) is 5.02 Å². The fourth-order valence-electron chi connectivity index (χ4n) is 3.77. The maximum atomic E-state index is 12.7. The summed E-state index contributed by atoms with van der Waals surface area (Å²) in [5, 5.41) is 0.712. The molecule has 7 heteroatoms. The Bertz CT molecular complexity index is 1020. The number of methoxy groups -OCH3 is 1. The third kappa shape index (κ3) is 5.39. The third-order valence-corrected chi connectivity index (χ3v) is 5.66. The van der Waals surface area contributed by atoms with Crippen molar-refractivity contribution in [1.29, 1.82) is 0 Å². The minimum Gasteiger partial charge on any atom is -0.493 e. The lowest BCUT2D eigenvalue weighted by molar-refractivity contribution is -0.134. The molecule has 6 nitrogen and oxygen atoms in total. The number of piperidine rings is 1. The van der Waals surface area contributed by atoms with E-state index in [1.165, 1.54) is 0 Å². The van der Waals surface area contributed by atoms with Gasteiger partial charge >= 0.3 is 0 Å². The van der Waals surface area contributed by atoms with Crippen LogP contribution in [-0.4, -0.2) is 42.6 Å². The molecule has 0 aliphatic carbocycles. The molecule has 3 aromatic rings. The zero-order valence-electron chi connectivity index (χ0n) is 17.4. The zero-order chi connectivity index (χ0) is 21.6. The molecule has 1 amide bonds. The van der Waals surface area contributed by atoms with Crippen LogP contribution in [0.1, 0.15) is 36.0 Å². The second-order valence-corrected chi connectivity index (χ2v) is 8.02. The Morgan fingerprint density at radius 1 is 1.19 bits per heavy atom. The number of hydrogen-bond donors (Lipinski definition) is 0. The average Bonchev–Trinajstić information content (AvgIpc) is 3.28. The number of hydrogen-bond acceptors (Lipinski definition) is 5. The van der Waals surface area contributed by atoms with Crippen LogP contribution in [0, 0.1) is 0 Å². The van der Waals surface area contributed by atoms with Crippen molar-refractivity contribution in [3.63, 3.8) is 0 Å². The highest BCUT2D eigenvalue weighted by Gasteiger charge is 2.28. The number of rotatable bonds is 7. The van der Waals surface area contributed by atoms with Gasteiger partial charge in [0.05, 0.1) is 19.2 Å². The summed E-state index contributed by atoms with van der Waals surface area (Å²) in [5.74, 6) is 2.70. The molecular formula is C24H25ClN2O4. The van der Waals surface area contributed by atoms with Crippen molar-refractivity contribution < 1.29 is 18.7 Å². The molecule has 0 unspecified atom stereocenters. The summed E-state index contributed by atoms with van der Waals surface area (Å²) in [5.41, 5.74) is 1.11. The summed E-state index contributed by atoms with van der Waals surface area (Å²) in [7, 11) is 1.58. The number of amides is 1. The van der Waals surface area contributed by atoms with Crippen LogP contribution >= 0.6 is 11.6 Å². The van der Waals surface area contributed by atoms with E-state index in [1.54, 1.807) is 25.4 Å². The first-order chi connectivity index (χ1) is 15.1. The number of halogens is 1. The molecule has 0 radical (unpaired) electrons. The van der Waals surface area contributed by atoms with E-state index in [-0.39, 0.29) is 18.4 Å². The first kappa shape index (κ1) is 21.2. The Hall–Kier alpha value is -2.99. The number of nitrogens with zero attached hydrogens (tertiary/aromatic N) is 2. The molecule has 0 N–H and O–H groups in total. The van der Waals surface area contributed by atoms with E-state index < -0.39 is 0 Å². The van der Waals surface area contributed by atoms with Gasteiger partial charge in [-0.3, -0.25) is 4.79 Å². The zero-order valence-corrected chi connectivity index (χ0v) is 18.2. The van der Waals surface area contributed by atoms with Crippen LogP contribution in [-0.2, 0) is 11.2 Å². The number of likely N-dealkylation sites (tertiary alicyclic amines) is 1. The van der Waals surface area contributed by atoms with Crippen LogP contribution < -0.4 is 9.47 Å². The second kappa shape index (κ2) is 9.88. The summed E-state index contributed by atoms with van der Waals surface area (Å²) in [6.45, 7) is 1.26. The second-order valence-electron chi connectivity index (χ2n) is 7.59. The van der Waals surface area contributed by atoms with Crippen LogP contribution in [0.3, 0.4) is 0 Å². The maximum Gasteiger partial charge on any atom is 0.260 e. The number of para-hydroxylation sites is 2. The highest BCUT2D eigenvalue weighted by Crippen LogP contribution is 2.29. The molecule has 1 aliphatic rings. The van der Waals surface area contributed by atoms with Crippen molar-refractivity contribution in [2.45, 2.75) is 25.2 Å². The van der Waals surface area contributed by atoms with Crippen molar-refractivity contribution in [1.82, 2.24) is 9.88 Å². The minimum absolute atomic E-state index is 0.0273. The Morgan fingerprint density at radius 2 is 1.97 bits per heavy atom. The van der Waals surface area contributed by atoms with E-state index in [0.29, 0.717) is 41.9 Å². The maximum absolute atomic E-state index is 12.7. The fourth-order valence-corrected chi connectivity index (χ4v) is 3.90. The summed E-state index contributed by atoms with van der Waals surface area (Å²) in [6.07, 6.45) is 4.28. The van der Waals surface area contributed by atoms with Gasteiger partial charge in [0.25, 0.3) is 5.91 Å². The van der Waals surface area contributed by atoms with Crippen molar-refractivity contribution >= 4 is 17.5 Å². The molecule has 2 heterocycles.